The highest BCUT2D eigenvalue weighted by atomic mass is 32.2. The summed E-state index contributed by atoms with van der Waals surface area (Å²) in [6, 6.07) is 0.695. The van der Waals surface area contributed by atoms with Gasteiger partial charge in [0.05, 0.1) is 5.75 Å². The lowest BCUT2D eigenvalue weighted by Crippen LogP contribution is -2.52. The minimum absolute atomic E-state index is 0.230. The van der Waals surface area contributed by atoms with Crippen LogP contribution in [-0.4, -0.2) is 55.6 Å². The molecular formula is C13H26N2O2S. The second-order valence-electron chi connectivity index (χ2n) is 5.76. The van der Waals surface area contributed by atoms with Gasteiger partial charge >= 0.3 is 0 Å². The maximum Gasteiger partial charge on any atom is 0.213 e. The summed E-state index contributed by atoms with van der Waals surface area (Å²) in [5.74, 6) is 1.06. The Bertz CT molecular complexity index is 361. The van der Waals surface area contributed by atoms with Crippen LogP contribution in [0.1, 0.15) is 39.5 Å². The lowest BCUT2D eigenvalue weighted by atomic mass is 9.86. The van der Waals surface area contributed by atoms with Crippen molar-refractivity contribution >= 4 is 10.0 Å². The van der Waals surface area contributed by atoms with Gasteiger partial charge in [0, 0.05) is 32.2 Å². The fraction of sp³-hybridized carbons (Fsp3) is 1.00. The molecule has 1 heterocycles. The minimum atomic E-state index is -2.98. The van der Waals surface area contributed by atoms with Gasteiger partial charge in [0.15, 0.2) is 0 Å². The van der Waals surface area contributed by atoms with E-state index >= 15 is 0 Å². The van der Waals surface area contributed by atoms with Gasteiger partial charge in [0.2, 0.25) is 10.0 Å². The molecule has 0 N–H and O–H groups in total. The third-order valence-corrected chi connectivity index (χ3v) is 6.34. The van der Waals surface area contributed by atoms with E-state index in [2.05, 4.69) is 11.8 Å². The summed E-state index contributed by atoms with van der Waals surface area (Å²) in [5.41, 5.74) is 0. The van der Waals surface area contributed by atoms with Crippen LogP contribution < -0.4 is 0 Å². The quantitative estimate of drug-likeness (QED) is 0.784. The highest BCUT2D eigenvalue weighted by Crippen LogP contribution is 2.28. The summed E-state index contributed by atoms with van der Waals surface area (Å²) in [4.78, 5) is 2.51. The molecule has 1 aliphatic carbocycles. The van der Waals surface area contributed by atoms with Gasteiger partial charge in [0.1, 0.15) is 0 Å². The van der Waals surface area contributed by atoms with Crippen LogP contribution in [0.4, 0.5) is 0 Å². The number of rotatable bonds is 3. The zero-order valence-electron chi connectivity index (χ0n) is 11.6. The molecule has 2 rings (SSSR count). The molecule has 5 heteroatoms. The second-order valence-corrected chi connectivity index (χ2v) is 8.02. The molecular weight excluding hydrogens is 248 g/mol. The summed E-state index contributed by atoms with van der Waals surface area (Å²) >= 11 is 0. The van der Waals surface area contributed by atoms with E-state index in [9.17, 15) is 8.42 Å². The lowest BCUT2D eigenvalue weighted by molar-refractivity contribution is 0.0967. The molecule has 106 valence electrons. The van der Waals surface area contributed by atoms with E-state index in [1.165, 1.54) is 25.7 Å². The molecule has 0 spiro atoms. The molecule has 0 aromatic carbocycles. The van der Waals surface area contributed by atoms with Crippen molar-refractivity contribution in [3.05, 3.63) is 0 Å². The molecule has 2 atom stereocenters. The van der Waals surface area contributed by atoms with Crippen molar-refractivity contribution in [2.24, 2.45) is 5.92 Å². The van der Waals surface area contributed by atoms with Gasteiger partial charge in [-0.15, -0.1) is 0 Å². The van der Waals surface area contributed by atoms with Gasteiger partial charge in [-0.05, 0) is 25.7 Å². The Morgan fingerprint density at radius 1 is 1.11 bits per heavy atom. The Morgan fingerprint density at radius 2 is 1.78 bits per heavy atom. The Labute approximate surface area is 111 Å². The van der Waals surface area contributed by atoms with Crippen molar-refractivity contribution in [1.29, 1.82) is 0 Å². The minimum Gasteiger partial charge on any atom is -0.298 e. The summed E-state index contributed by atoms with van der Waals surface area (Å²) in [7, 11) is -2.98. The molecule has 1 saturated heterocycles. The Balaban J connectivity index is 1.86. The molecule has 0 radical (unpaired) electrons. The molecule has 1 saturated carbocycles. The molecule has 4 nitrogen and oxygen atoms in total. The summed E-state index contributed by atoms with van der Waals surface area (Å²) in [6.45, 7) is 7.25. The highest BCUT2D eigenvalue weighted by molar-refractivity contribution is 7.89. The SMILES string of the molecule is CCS(=O)(=O)N1CCN(C2CCCC(C)C2)CC1. The molecule has 0 amide bonds. The first-order chi connectivity index (χ1) is 8.53. The van der Waals surface area contributed by atoms with E-state index < -0.39 is 10.0 Å². The summed E-state index contributed by atoms with van der Waals surface area (Å²) < 4.78 is 25.3. The third kappa shape index (κ3) is 3.25. The van der Waals surface area contributed by atoms with Crippen LogP contribution in [0.2, 0.25) is 0 Å². The van der Waals surface area contributed by atoms with Crippen LogP contribution >= 0.6 is 0 Å². The monoisotopic (exact) mass is 274 g/mol. The molecule has 1 aliphatic heterocycles. The van der Waals surface area contributed by atoms with Gasteiger partial charge in [-0.2, -0.15) is 4.31 Å². The average Bonchev–Trinajstić information content (AvgIpc) is 2.39. The first-order valence-electron chi connectivity index (χ1n) is 7.25. The van der Waals surface area contributed by atoms with E-state index in [-0.39, 0.29) is 5.75 Å². The van der Waals surface area contributed by atoms with Crippen LogP contribution in [0.5, 0.6) is 0 Å². The zero-order chi connectivity index (χ0) is 13.2. The number of sulfonamides is 1. The molecule has 2 unspecified atom stereocenters. The van der Waals surface area contributed by atoms with Gasteiger partial charge in [-0.25, -0.2) is 8.42 Å². The number of nitrogens with zero attached hydrogens (tertiary/aromatic N) is 2. The van der Waals surface area contributed by atoms with E-state index in [4.69, 9.17) is 0 Å². The summed E-state index contributed by atoms with van der Waals surface area (Å²) in [6.07, 6.45) is 5.28. The number of piperazine rings is 1. The standard InChI is InChI=1S/C13H26N2O2S/c1-3-18(16,17)15-9-7-14(8-10-15)13-6-4-5-12(2)11-13/h12-13H,3-11H2,1-2H3. The van der Waals surface area contributed by atoms with Gasteiger partial charge < -0.3 is 0 Å². The fourth-order valence-corrected chi connectivity index (χ4v) is 4.35. The maximum atomic E-state index is 11.8. The molecule has 2 aliphatic rings. The van der Waals surface area contributed by atoms with E-state index in [1.54, 1.807) is 11.2 Å². The van der Waals surface area contributed by atoms with E-state index in [0.29, 0.717) is 19.1 Å². The molecule has 0 bridgehead atoms. The molecule has 0 aromatic rings. The third-order valence-electron chi connectivity index (χ3n) is 4.46. The Kier molecular flexibility index (Phi) is 4.67. The van der Waals surface area contributed by atoms with Crippen molar-refractivity contribution in [2.75, 3.05) is 31.9 Å². The normalized spacial score (nSPS) is 32.6. The van der Waals surface area contributed by atoms with Crippen LogP contribution in [-0.2, 0) is 10.0 Å². The van der Waals surface area contributed by atoms with Gasteiger partial charge in [-0.1, -0.05) is 19.8 Å². The van der Waals surface area contributed by atoms with Crippen molar-refractivity contribution in [3.63, 3.8) is 0 Å². The van der Waals surface area contributed by atoms with Crippen LogP contribution in [0, 0.1) is 5.92 Å². The van der Waals surface area contributed by atoms with Crippen LogP contribution in [0.25, 0.3) is 0 Å². The van der Waals surface area contributed by atoms with Gasteiger partial charge in [-0.3, -0.25) is 4.90 Å². The van der Waals surface area contributed by atoms with Crippen molar-refractivity contribution in [2.45, 2.75) is 45.6 Å². The van der Waals surface area contributed by atoms with Crippen molar-refractivity contribution < 1.29 is 8.42 Å². The largest absolute Gasteiger partial charge is 0.298 e. The molecule has 0 aromatic heterocycles. The fourth-order valence-electron chi connectivity index (χ4n) is 3.26. The van der Waals surface area contributed by atoms with Crippen LogP contribution in [0.3, 0.4) is 0 Å². The average molecular weight is 274 g/mol. The predicted octanol–water partition coefficient (Wildman–Crippen LogP) is 1.53. The van der Waals surface area contributed by atoms with Crippen molar-refractivity contribution in [1.82, 2.24) is 9.21 Å². The summed E-state index contributed by atoms with van der Waals surface area (Å²) in [5, 5.41) is 0. The molecule has 18 heavy (non-hydrogen) atoms. The Morgan fingerprint density at radius 3 is 2.33 bits per heavy atom. The number of hydrogen-bond acceptors (Lipinski definition) is 3. The van der Waals surface area contributed by atoms with E-state index in [1.807, 2.05) is 0 Å². The lowest BCUT2D eigenvalue weighted by Gasteiger charge is -2.41. The smallest absolute Gasteiger partial charge is 0.213 e. The van der Waals surface area contributed by atoms with Gasteiger partial charge in [0.25, 0.3) is 0 Å². The topological polar surface area (TPSA) is 40.6 Å². The maximum absolute atomic E-state index is 11.8. The second kappa shape index (κ2) is 5.88. The zero-order valence-corrected chi connectivity index (χ0v) is 12.5. The Hall–Kier alpha value is -0.130. The van der Waals surface area contributed by atoms with Crippen molar-refractivity contribution in [3.8, 4) is 0 Å². The van der Waals surface area contributed by atoms with Crippen LogP contribution in [0.15, 0.2) is 0 Å². The predicted molar refractivity (Wildman–Crippen MR) is 74.0 cm³/mol. The molecule has 2 fully saturated rings. The first-order valence-corrected chi connectivity index (χ1v) is 8.85. The number of hydrogen-bond donors (Lipinski definition) is 0. The first kappa shape index (κ1) is 14.3. The highest BCUT2D eigenvalue weighted by Gasteiger charge is 2.30. The van der Waals surface area contributed by atoms with E-state index in [0.717, 1.165) is 19.0 Å².